The zero-order valence-corrected chi connectivity index (χ0v) is 7.02. The van der Waals surface area contributed by atoms with Crippen molar-refractivity contribution >= 4 is 5.97 Å². The van der Waals surface area contributed by atoms with Crippen LogP contribution in [-0.2, 0) is 4.79 Å². The minimum Gasteiger partial charge on any atom is -0.550 e. The summed E-state index contributed by atoms with van der Waals surface area (Å²) < 4.78 is 0. The van der Waals surface area contributed by atoms with E-state index in [4.69, 9.17) is 0 Å². The largest absolute Gasteiger partial charge is 0.550 e. The maximum absolute atomic E-state index is 9.65. The van der Waals surface area contributed by atoms with E-state index in [9.17, 15) is 9.90 Å². The van der Waals surface area contributed by atoms with Crippen LogP contribution in [0.25, 0.3) is 0 Å². The third-order valence-electron chi connectivity index (χ3n) is 0.734. The van der Waals surface area contributed by atoms with Crippen molar-refractivity contribution < 1.29 is 15.2 Å². The van der Waals surface area contributed by atoms with E-state index >= 15 is 0 Å². The van der Waals surface area contributed by atoms with Crippen LogP contribution in [0.5, 0.6) is 0 Å². The minimum absolute atomic E-state index is 0.205. The molecule has 0 heterocycles. The Bertz CT molecular complexity index is 74.0. The predicted molar refractivity (Wildman–Crippen MR) is 38.3 cm³/mol. The first-order valence-electron chi connectivity index (χ1n) is 3.62. The van der Waals surface area contributed by atoms with Crippen molar-refractivity contribution in [3.63, 3.8) is 0 Å². The van der Waals surface area contributed by atoms with E-state index in [0.717, 1.165) is 12.8 Å². The van der Waals surface area contributed by atoms with Crippen molar-refractivity contribution in [1.29, 1.82) is 0 Å². The van der Waals surface area contributed by atoms with E-state index in [0.29, 0.717) is 0 Å². The molecule has 0 aliphatic carbocycles. The molecule has 2 N–H and O–H groups in total. The van der Waals surface area contributed by atoms with E-state index in [1.165, 1.54) is 0 Å². The summed E-state index contributed by atoms with van der Waals surface area (Å²) in [5.41, 5.74) is 0. The fourth-order valence-electron chi connectivity index (χ4n) is 0.321. The van der Waals surface area contributed by atoms with Crippen molar-refractivity contribution in [1.82, 2.24) is 0 Å². The molecule has 0 rings (SSSR count). The molecule has 10 heavy (non-hydrogen) atoms. The Balaban J connectivity index is 0. The summed E-state index contributed by atoms with van der Waals surface area (Å²) in [6.07, 6.45) is 1.87. The number of nitrogens with two attached hydrogens (primary N) is 1. The fourth-order valence-corrected chi connectivity index (χ4v) is 0.321. The molecule has 0 amide bonds. The maximum atomic E-state index is 9.65. The zero-order valence-electron chi connectivity index (χ0n) is 7.02. The van der Waals surface area contributed by atoms with Gasteiger partial charge in [-0.25, -0.2) is 0 Å². The normalized spacial score (nSPS) is 7.90. The molecule has 62 valence electrons. The lowest BCUT2D eigenvalue weighted by Crippen LogP contribution is -2.74. The molecule has 0 unspecified atom stereocenters. The van der Waals surface area contributed by atoms with Gasteiger partial charge in [-0.3, -0.25) is 0 Å². The van der Waals surface area contributed by atoms with Gasteiger partial charge >= 0.3 is 0 Å². The third-order valence-corrected chi connectivity index (χ3v) is 0.734. The molecule has 0 spiro atoms. The van der Waals surface area contributed by atoms with Gasteiger partial charge in [0, 0.05) is 5.97 Å². The highest BCUT2D eigenvalue weighted by atomic mass is 16.4. The molecular weight excluding hydrogens is 130 g/mol. The van der Waals surface area contributed by atoms with Gasteiger partial charge in [0.15, 0.2) is 0 Å². The molecule has 0 saturated heterocycles. The number of quaternary nitrogens is 1. The summed E-state index contributed by atoms with van der Waals surface area (Å²) in [5.74, 6) is -0.943. The smallest absolute Gasteiger partial charge is 0.0647 e. The Morgan fingerprint density at radius 1 is 1.50 bits per heavy atom. The summed E-state index contributed by atoms with van der Waals surface area (Å²) in [6, 6.07) is 0. The lowest BCUT2D eigenvalue weighted by atomic mass is 10.3. The lowest BCUT2D eigenvalue weighted by Gasteiger charge is -1.95. The Morgan fingerprint density at radius 3 is 2.00 bits per heavy atom. The average Bonchev–Trinajstić information content (AvgIpc) is 1.85. The van der Waals surface area contributed by atoms with Gasteiger partial charge < -0.3 is 15.2 Å². The molecule has 0 aromatic rings. The van der Waals surface area contributed by atoms with Gasteiger partial charge in [-0.2, -0.15) is 0 Å². The SMILES string of the molecule is CCCCC(=O)[O-].C[NH2+]C. The Kier molecular flexibility index (Phi) is 13.7. The van der Waals surface area contributed by atoms with E-state index in [2.05, 4.69) is 0 Å². The van der Waals surface area contributed by atoms with Crippen molar-refractivity contribution in [2.45, 2.75) is 26.2 Å². The van der Waals surface area contributed by atoms with E-state index in [-0.39, 0.29) is 6.42 Å². The number of hydrogen-bond acceptors (Lipinski definition) is 2. The fraction of sp³-hybridized carbons (Fsp3) is 0.857. The van der Waals surface area contributed by atoms with Crippen LogP contribution >= 0.6 is 0 Å². The summed E-state index contributed by atoms with van der Waals surface area (Å²) >= 11 is 0. The summed E-state index contributed by atoms with van der Waals surface area (Å²) in [5, 5.41) is 11.6. The Hall–Kier alpha value is -0.570. The van der Waals surface area contributed by atoms with Gasteiger partial charge in [-0.1, -0.05) is 13.3 Å². The van der Waals surface area contributed by atoms with Crippen molar-refractivity contribution in [2.75, 3.05) is 14.1 Å². The first-order chi connectivity index (χ1) is 4.68. The molecule has 0 aromatic heterocycles. The number of carboxylic acid groups (broad SMARTS) is 1. The number of carbonyl (C=O) groups is 1. The van der Waals surface area contributed by atoms with Gasteiger partial charge in [-0.05, 0) is 12.8 Å². The molecule has 0 aliphatic heterocycles. The number of hydrogen-bond donors (Lipinski definition) is 1. The lowest BCUT2D eigenvalue weighted by molar-refractivity contribution is -0.597. The number of rotatable bonds is 3. The molecule has 0 atom stereocenters. The van der Waals surface area contributed by atoms with Crippen LogP contribution in [0.4, 0.5) is 0 Å². The first-order valence-corrected chi connectivity index (χ1v) is 3.62. The molecule has 0 aromatic carbocycles. The number of unbranched alkanes of at least 4 members (excludes halogenated alkanes) is 1. The highest BCUT2D eigenvalue weighted by Gasteiger charge is 1.80. The second-order valence-corrected chi connectivity index (χ2v) is 2.05. The van der Waals surface area contributed by atoms with Gasteiger partial charge in [0.1, 0.15) is 0 Å². The van der Waals surface area contributed by atoms with E-state index < -0.39 is 5.97 Å². The second-order valence-electron chi connectivity index (χ2n) is 2.05. The van der Waals surface area contributed by atoms with Crippen LogP contribution in [0.1, 0.15) is 26.2 Å². The van der Waals surface area contributed by atoms with E-state index in [1.54, 1.807) is 0 Å². The number of carbonyl (C=O) groups excluding carboxylic acids is 1. The average molecular weight is 147 g/mol. The maximum Gasteiger partial charge on any atom is 0.0647 e. The quantitative estimate of drug-likeness (QED) is 0.541. The molecule has 0 bridgehead atoms. The number of carboxylic acids is 1. The van der Waals surface area contributed by atoms with Crippen molar-refractivity contribution in [2.24, 2.45) is 0 Å². The molecule has 0 radical (unpaired) electrons. The van der Waals surface area contributed by atoms with Gasteiger partial charge in [-0.15, -0.1) is 0 Å². The summed E-state index contributed by atoms with van der Waals surface area (Å²) in [7, 11) is 4.00. The standard InChI is InChI=1S/C5H10O2.C2H7N/c1-2-3-4-5(6)7;1-3-2/h2-4H2,1H3,(H,6,7);3H,1-2H3. The minimum atomic E-state index is -0.943. The van der Waals surface area contributed by atoms with Crippen LogP contribution in [0.15, 0.2) is 0 Å². The van der Waals surface area contributed by atoms with Crippen LogP contribution in [-0.4, -0.2) is 20.1 Å². The second kappa shape index (κ2) is 11.3. The zero-order chi connectivity index (χ0) is 8.41. The van der Waals surface area contributed by atoms with Gasteiger partial charge in [0.2, 0.25) is 0 Å². The molecule has 3 nitrogen and oxygen atoms in total. The molecular formula is C7H17NO2. The summed E-state index contributed by atoms with van der Waals surface area (Å²) in [6.45, 7) is 1.95. The van der Waals surface area contributed by atoms with Crippen molar-refractivity contribution in [3.8, 4) is 0 Å². The first kappa shape index (κ1) is 12.1. The molecule has 0 aliphatic rings. The van der Waals surface area contributed by atoms with Gasteiger partial charge in [0.05, 0.1) is 14.1 Å². The topological polar surface area (TPSA) is 56.7 Å². The van der Waals surface area contributed by atoms with Crippen LogP contribution in [0, 0.1) is 0 Å². The highest BCUT2D eigenvalue weighted by Crippen LogP contribution is 1.89. The van der Waals surface area contributed by atoms with Crippen LogP contribution in [0.2, 0.25) is 0 Å². The molecule has 3 heteroatoms. The molecule has 0 fully saturated rings. The van der Waals surface area contributed by atoms with Gasteiger partial charge in [0.25, 0.3) is 0 Å². The van der Waals surface area contributed by atoms with Crippen LogP contribution in [0.3, 0.4) is 0 Å². The Morgan fingerprint density at radius 2 is 1.90 bits per heavy atom. The van der Waals surface area contributed by atoms with Crippen LogP contribution < -0.4 is 10.4 Å². The number of aliphatic carboxylic acids is 1. The highest BCUT2D eigenvalue weighted by molar-refractivity contribution is 5.63. The Labute approximate surface area is 62.4 Å². The monoisotopic (exact) mass is 147 g/mol. The predicted octanol–water partition coefficient (Wildman–Crippen LogP) is -1.26. The summed E-state index contributed by atoms with van der Waals surface area (Å²) in [4.78, 5) is 9.65. The van der Waals surface area contributed by atoms with E-state index in [1.807, 2.05) is 26.3 Å². The van der Waals surface area contributed by atoms with Crippen molar-refractivity contribution in [3.05, 3.63) is 0 Å². The third kappa shape index (κ3) is 26.1. The molecule has 0 saturated carbocycles.